The van der Waals surface area contributed by atoms with E-state index in [1.54, 1.807) is 30.5 Å². The maximum absolute atomic E-state index is 12.0. The van der Waals surface area contributed by atoms with E-state index in [0.29, 0.717) is 22.9 Å². The highest BCUT2D eigenvalue weighted by Crippen LogP contribution is 2.20. The number of oxazole rings is 1. The average Bonchev–Trinajstić information content (AvgIpc) is 3.10. The van der Waals surface area contributed by atoms with Crippen molar-refractivity contribution >= 4 is 17.6 Å². The van der Waals surface area contributed by atoms with Crippen LogP contribution in [0.25, 0.3) is 11.3 Å². The summed E-state index contributed by atoms with van der Waals surface area (Å²) >= 11 is 0. The Morgan fingerprint density at radius 2 is 1.80 bits per heavy atom. The van der Waals surface area contributed by atoms with Crippen LogP contribution in [0.1, 0.15) is 23.2 Å². The van der Waals surface area contributed by atoms with Crippen molar-refractivity contribution < 1.29 is 18.7 Å². The molecule has 6 heteroatoms. The van der Waals surface area contributed by atoms with Gasteiger partial charge in [0, 0.05) is 18.2 Å². The minimum Gasteiger partial charge on any atom is -0.452 e. The summed E-state index contributed by atoms with van der Waals surface area (Å²) in [6.45, 7) is 1.36. The van der Waals surface area contributed by atoms with Crippen LogP contribution in [-0.4, -0.2) is 16.9 Å². The second-order valence-corrected chi connectivity index (χ2v) is 5.32. The van der Waals surface area contributed by atoms with Crippen LogP contribution in [0.15, 0.2) is 65.2 Å². The Hall–Kier alpha value is -3.41. The molecule has 1 heterocycles. The zero-order valence-corrected chi connectivity index (χ0v) is 13.6. The Balaban J connectivity index is 1.59. The van der Waals surface area contributed by atoms with Gasteiger partial charge in [-0.3, -0.25) is 4.79 Å². The second kappa shape index (κ2) is 7.44. The summed E-state index contributed by atoms with van der Waals surface area (Å²) in [5.74, 6) is 0.274. The molecule has 1 aromatic heterocycles. The summed E-state index contributed by atoms with van der Waals surface area (Å²) in [7, 11) is 0. The van der Waals surface area contributed by atoms with Gasteiger partial charge in [0.1, 0.15) is 0 Å². The SMILES string of the molecule is CC(=O)Nc1ccc(C(=O)OCc2ncc(-c3ccccc3)o2)cc1. The fourth-order valence-electron chi connectivity index (χ4n) is 2.22. The molecule has 0 aliphatic carbocycles. The first-order chi connectivity index (χ1) is 12.1. The largest absolute Gasteiger partial charge is 0.452 e. The first kappa shape index (κ1) is 16.4. The molecule has 0 aliphatic heterocycles. The van der Waals surface area contributed by atoms with Gasteiger partial charge in [0.25, 0.3) is 0 Å². The van der Waals surface area contributed by atoms with Crippen molar-refractivity contribution in [2.75, 3.05) is 5.32 Å². The summed E-state index contributed by atoms with van der Waals surface area (Å²) in [5, 5.41) is 2.63. The topological polar surface area (TPSA) is 81.4 Å². The van der Waals surface area contributed by atoms with Gasteiger partial charge in [-0.2, -0.15) is 0 Å². The Morgan fingerprint density at radius 3 is 2.48 bits per heavy atom. The maximum atomic E-state index is 12.0. The van der Waals surface area contributed by atoms with Gasteiger partial charge in [0.15, 0.2) is 12.4 Å². The lowest BCUT2D eigenvalue weighted by atomic mass is 10.2. The third-order valence-electron chi connectivity index (χ3n) is 3.38. The lowest BCUT2D eigenvalue weighted by Crippen LogP contribution is -2.07. The standard InChI is InChI=1S/C19H16N2O4/c1-13(22)21-16-9-7-15(8-10-16)19(23)24-12-18-20-11-17(25-18)14-5-3-2-4-6-14/h2-11H,12H2,1H3,(H,21,22). The molecule has 0 aliphatic rings. The molecule has 1 amide bonds. The smallest absolute Gasteiger partial charge is 0.338 e. The van der Waals surface area contributed by atoms with Gasteiger partial charge in [0.05, 0.1) is 11.8 Å². The van der Waals surface area contributed by atoms with Crippen LogP contribution < -0.4 is 5.32 Å². The third-order valence-corrected chi connectivity index (χ3v) is 3.38. The van der Waals surface area contributed by atoms with E-state index in [-0.39, 0.29) is 12.5 Å². The van der Waals surface area contributed by atoms with Crippen LogP contribution in [0.2, 0.25) is 0 Å². The minimum absolute atomic E-state index is 0.0564. The van der Waals surface area contributed by atoms with Gasteiger partial charge >= 0.3 is 5.97 Å². The molecule has 6 nitrogen and oxygen atoms in total. The molecule has 0 radical (unpaired) electrons. The van der Waals surface area contributed by atoms with Gasteiger partial charge in [-0.1, -0.05) is 30.3 Å². The van der Waals surface area contributed by atoms with E-state index < -0.39 is 5.97 Å². The van der Waals surface area contributed by atoms with E-state index >= 15 is 0 Å². The number of ether oxygens (including phenoxy) is 1. The molecule has 0 unspecified atom stereocenters. The van der Waals surface area contributed by atoms with Crippen molar-refractivity contribution in [3.8, 4) is 11.3 Å². The molecule has 25 heavy (non-hydrogen) atoms. The van der Waals surface area contributed by atoms with Gasteiger partial charge in [-0.25, -0.2) is 9.78 Å². The zero-order chi connectivity index (χ0) is 17.6. The lowest BCUT2D eigenvalue weighted by molar-refractivity contribution is -0.114. The maximum Gasteiger partial charge on any atom is 0.338 e. The summed E-state index contributed by atoms with van der Waals surface area (Å²) in [4.78, 5) is 27.1. The van der Waals surface area contributed by atoms with E-state index in [9.17, 15) is 9.59 Å². The van der Waals surface area contributed by atoms with E-state index in [1.165, 1.54) is 6.92 Å². The summed E-state index contributed by atoms with van der Waals surface area (Å²) in [6, 6.07) is 16.0. The highest BCUT2D eigenvalue weighted by molar-refractivity contribution is 5.92. The number of aromatic nitrogens is 1. The van der Waals surface area contributed by atoms with Crippen LogP contribution in [0, 0.1) is 0 Å². The second-order valence-electron chi connectivity index (χ2n) is 5.32. The predicted molar refractivity (Wildman–Crippen MR) is 91.8 cm³/mol. The van der Waals surface area contributed by atoms with Crippen LogP contribution in [0.5, 0.6) is 0 Å². The molecule has 0 fully saturated rings. The number of anilines is 1. The van der Waals surface area contributed by atoms with Crippen molar-refractivity contribution in [1.29, 1.82) is 0 Å². The number of esters is 1. The number of carbonyl (C=O) groups is 2. The van der Waals surface area contributed by atoms with Crippen molar-refractivity contribution in [2.24, 2.45) is 0 Å². The summed E-state index contributed by atoms with van der Waals surface area (Å²) in [5.41, 5.74) is 1.90. The molecule has 3 rings (SSSR count). The number of benzene rings is 2. The van der Waals surface area contributed by atoms with Crippen LogP contribution in [0.4, 0.5) is 5.69 Å². The summed E-state index contributed by atoms with van der Waals surface area (Å²) < 4.78 is 10.8. The monoisotopic (exact) mass is 336 g/mol. The van der Waals surface area contributed by atoms with E-state index in [1.807, 2.05) is 30.3 Å². The number of amides is 1. The number of rotatable bonds is 5. The van der Waals surface area contributed by atoms with Crippen LogP contribution in [0.3, 0.4) is 0 Å². The molecule has 1 N–H and O–H groups in total. The lowest BCUT2D eigenvalue weighted by Gasteiger charge is -2.04. The van der Waals surface area contributed by atoms with Crippen molar-refractivity contribution in [2.45, 2.75) is 13.5 Å². The average molecular weight is 336 g/mol. The fourth-order valence-corrected chi connectivity index (χ4v) is 2.22. The third kappa shape index (κ3) is 4.32. The van der Waals surface area contributed by atoms with Crippen LogP contribution in [-0.2, 0) is 16.1 Å². The number of nitrogens with one attached hydrogen (secondary N) is 1. The Kier molecular flexibility index (Phi) is 4.89. The quantitative estimate of drug-likeness (QED) is 0.719. The zero-order valence-electron chi connectivity index (χ0n) is 13.6. The molecule has 0 bridgehead atoms. The number of nitrogens with zero attached hydrogens (tertiary/aromatic N) is 1. The van der Waals surface area contributed by atoms with Gasteiger partial charge in [-0.05, 0) is 24.3 Å². The molecule has 0 saturated heterocycles. The Morgan fingerprint density at radius 1 is 1.08 bits per heavy atom. The molecule has 0 spiro atoms. The molecule has 2 aromatic carbocycles. The highest BCUT2D eigenvalue weighted by Gasteiger charge is 2.11. The predicted octanol–water partition coefficient (Wildman–Crippen LogP) is 3.66. The molecule has 0 saturated carbocycles. The van der Waals surface area contributed by atoms with Crippen molar-refractivity contribution in [1.82, 2.24) is 4.98 Å². The number of hydrogen-bond acceptors (Lipinski definition) is 5. The normalized spacial score (nSPS) is 10.3. The van der Waals surface area contributed by atoms with Gasteiger partial charge in [0.2, 0.25) is 11.8 Å². The first-order valence-corrected chi connectivity index (χ1v) is 7.67. The van der Waals surface area contributed by atoms with E-state index in [2.05, 4.69) is 10.3 Å². The summed E-state index contributed by atoms with van der Waals surface area (Å²) in [6.07, 6.45) is 1.60. The van der Waals surface area contributed by atoms with Gasteiger partial charge in [-0.15, -0.1) is 0 Å². The molecular weight excluding hydrogens is 320 g/mol. The number of carbonyl (C=O) groups excluding carboxylic acids is 2. The molecule has 3 aromatic rings. The molecule has 0 atom stereocenters. The number of hydrogen-bond donors (Lipinski definition) is 1. The first-order valence-electron chi connectivity index (χ1n) is 7.67. The van der Waals surface area contributed by atoms with Gasteiger partial charge < -0.3 is 14.5 Å². The van der Waals surface area contributed by atoms with Crippen molar-refractivity contribution in [3.05, 3.63) is 72.2 Å². The molecule has 126 valence electrons. The van der Waals surface area contributed by atoms with Crippen molar-refractivity contribution in [3.63, 3.8) is 0 Å². The van der Waals surface area contributed by atoms with Crippen LogP contribution >= 0.6 is 0 Å². The molecular formula is C19H16N2O4. The Labute approximate surface area is 144 Å². The highest BCUT2D eigenvalue weighted by atomic mass is 16.5. The Bertz CT molecular complexity index is 870. The fraction of sp³-hybridized carbons (Fsp3) is 0.105. The van der Waals surface area contributed by atoms with E-state index in [4.69, 9.17) is 9.15 Å². The minimum atomic E-state index is -0.492. The van der Waals surface area contributed by atoms with E-state index in [0.717, 1.165) is 5.56 Å².